The van der Waals surface area contributed by atoms with Crippen LogP contribution in [-0.2, 0) is 19.4 Å². The Morgan fingerprint density at radius 2 is 2.04 bits per heavy atom. The molecule has 0 unspecified atom stereocenters. The number of amides is 1. The van der Waals surface area contributed by atoms with Crippen molar-refractivity contribution in [3.63, 3.8) is 0 Å². The van der Waals surface area contributed by atoms with Gasteiger partial charge in [0.25, 0.3) is 5.91 Å². The molecule has 1 N–H and O–H groups in total. The maximum Gasteiger partial charge on any atom is 0.257 e. The zero-order chi connectivity index (χ0) is 18.8. The number of aryl methyl sites for hydroxylation is 2. The molecule has 0 aliphatic heterocycles. The maximum absolute atomic E-state index is 12.7. The van der Waals surface area contributed by atoms with Crippen molar-refractivity contribution in [3.05, 3.63) is 53.0 Å². The predicted octanol–water partition coefficient (Wildman–Crippen LogP) is 2.56. The summed E-state index contributed by atoms with van der Waals surface area (Å²) in [5, 5.41) is 7.35. The third-order valence-electron chi connectivity index (χ3n) is 4.99. The Bertz CT molecular complexity index is 996. The minimum Gasteiger partial charge on any atom is -0.493 e. The molecule has 0 atom stereocenters. The van der Waals surface area contributed by atoms with Crippen LogP contribution in [0, 0.1) is 0 Å². The smallest absolute Gasteiger partial charge is 0.257 e. The molecule has 1 aliphatic carbocycles. The fourth-order valence-electron chi connectivity index (χ4n) is 3.62. The summed E-state index contributed by atoms with van der Waals surface area (Å²) in [6, 6.07) is 5.58. The van der Waals surface area contributed by atoms with E-state index in [2.05, 4.69) is 15.4 Å². The lowest BCUT2D eigenvalue weighted by Crippen LogP contribution is -2.23. The lowest BCUT2D eigenvalue weighted by molar-refractivity contribution is 0.0952. The molecule has 27 heavy (non-hydrogen) atoms. The van der Waals surface area contributed by atoms with Gasteiger partial charge in [-0.1, -0.05) is 12.1 Å². The number of fused-ring (bicyclic) bond motifs is 3. The number of hydrogen-bond donors (Lipinski definition) is 1. The van der Waals surface area contributed by atoms with Crippen LogP contribution in [0.2, 0.25) is 0 Å². The molecular weight excluding hydrogens is 344 g/mol. The highest BCUT2D eigenvalue weighted by Gasteiger charge is 2.20. The molecule has 0 bridgehead atoms. The summed E-state index contributed by atoms with van der Waals surface area (Å²) in [7, 11) is 3.17. The Morgan fingerprint density at radius 3 is 2.85 bits per heavy atom. The van der Waals surface area contributed by atoms with E-state index in [1.807, 2.05) is 28.9 Å². The average Bonchev–Trinajstić information content (AvgIpc) is 3.16. The monoisotopic (exact) mass is 366 g/mol. The average molecular weight is 366 g/mol. The molecule has 7 heteroatoms. The number of nitrogens with one attached hydrogen (secondary N) is 1. The number of para-hydroxylation sites is 1. The van der Waals surface area contributed by atoms with Crippen molar-refractivity contribution in [2.24, 2.45) is 0 Å². The number of benzene rings is 1. The van der Waals surface area contributed by atoms with Crippen LogP contribution in [0.4, 0.5) is 0 Å². The first kappa shape index (κ1) is 17.3. The molecule has 1 aromatic carbocycles. The van der Waals surface area contributed by atoms with Crippen LogP contribution in [-0.4, -0.2) is 34.7 Å². The van der Waals surface area contributed by atoms with Crippen molar-refractivity contribution in [2.75, 3.05) is 14.2 Å². The van der Waals surface area contributed by atoms with Gasteiger partial charge in [-0.2, -0.15) is 5.10 Å². The van der Waals surface area contributed by atoms with Crippen molar-refractivity contribution in [3.8, 4) is 11.5 Å². The van der Waals surface area contributed by atoms with Crippen molar-refractivity contribution in [1.29, 1.82) is 0 Å². The van der Waals surface area contributed by atoms with Crippen molar-refractivity contribution in [1.82, 2.24) is 19.9 Å². The summed E-state index contributed by atoms with van der Waals surface area (Å²) in [5.74, 6) is 1.04. The Kier molecular flexibility index (Phi) is 4.66. The number of carbonyl (C=O) groups is 1. The second-order valence-corrected chi connectivity index (χ2v) is 6.57. The third-order valence-corrected chi connectivity index (χ3v) is 4.99. The van der Waals surface area contributed by atoms with Crippen LogP contribution < -0.4 is 14.8 Å². The molecular formula is C20H22N4O3. The van der Waals surface area contributed by atoms with Gasteiger partial charge in [-0.05, 0) is 37.3 Å². The van der Waals surface area contributed by atoms with Gasteiger partial charge in [-0.3, -0.25) is 4.79 Å². The van der Waals surface area contributed by atoms with Gasteiger partial charge in [0, 0.05) is 24.0 Å². The van der Waals surface area contributed by atoms with E-state index in [1.54, 1.807) is 20.4 Å². The van der Waals surface area contributed by atoms with Gasteiger partial charge in [0.15, 0.2) is 17.1 Å². The highest BCUT2D eigenvalue weighted by atomic mass is 16.5. The van der Waals surface area contributed by atoms with E-state index < -0.39 is 0 Å². The van der Waals surface area contributed by atoms with Gasteiger partial charge >= 0.3 is 0 Å². The molecule has 7 nitrogen and oxygen atoms in total. The lowest BCUT2D eigenvalue weighted by Gasteiger charge is -2.16. The minimum atomic E-state index is -0.210. The van der Waals surface area contributed by atoms with E-state index in [-0.39, 0.29) is 5.91 Å². The fourth-order valence-corrected chi connectivity index (χ4v) is 3.62. The number of methoxy groups -OCH3 is 2. The molecule has 1 amide bonds. The number of hydrogen-bond acceptors (Lipinski definition) is 5. The highest BCUT2D eigenvalue weighted by molar-refractivity contribution is 5.99. The second-order valence-electron chi connectivity index (χ2n) is 6.57. The SMILES string of the molecule is COc1cccc(CNC(=O)c2cnn3c4c(cnc23)CCCC4)c1OC. The number of rotatable bonds is 5. The Labute approximate surface area is 157 Å². The maximum atomic E-state index is 12.7. The Morgan fingerprint density at radius 1 is 1.19 bits per heavy atom. The van der Waals surface area contributed by atoms with Gasteiger partial charge in [0.1, 0.15) is 5.56 Å². The number of carbonyl (C=O) groups excluding carboxylic acids is 1. The van der Waals surface area contributed by atoms with Crippen LogP contribution in [0.15, 0.2) is 30.6 Å². The fraction of sp³-hybridized carbons (Fsp3) is 0.350. The van der Waals surface area contributed by atoms with Crippen molar-refractivity contribution in [2.45, 2.75) is 32.2 Å². The van der Waals surface area contributed by atoms with Gasteiger partial charge in [0.05, 0.1) is 20.4 Å². The first-order chi connectivity index (χ1) is 13.2. The summed E-state index contributed by atoms with van der Waals surface area (Å²) in [6.45, 7) is 0.321. The Balaban J connectivity index is 1.58. The standard InChI is InChI=1S/C20H22N4O3/c1-26-17-9-5-7-14(18(17)27-2)11-22-20(25)15-12-23-24-16-8-4-3-6-13(16)10-21-19(15)24/h5,7,9-10,12H,3-4,6,8,11H2,1-2H3,(H,22,25). The zero-order valence-corrected chi connectivity index (χ0v) is 15.5. The van der Waals surface area contributed by atoms with E-state index in [1.165, 1.54) is 17.7 Å². The molecule has 2 heterocycles. The molecule has 0 saturated carbocycles. The molecule has 0 fully saturated rings. The molecule has 4 rings (SSSR count). The summed E-state index contributed by atoms with van der Waals surface area (Å²) in [6.07, 6.45) is 7.79. The summed E-state index contributed by atoms with van der Waals surface area (Å²) < 4.78 is 12.5. The first-order valence-electron chi connectivity index (χ1n) is 9.05. The molecule has 140 valence electrons. The summed E-state index contributed by atoms with van der Waals surface area (Å²) in [4.78, 5) is 17.2. The molecule has 1 aliphatic rings. The van der Waals surface area contributed by atoms with E-state index in [4.69, 9.17) is 9.47 Å². The van der Waals surface area contributed by atoms with Gasteiger partial charge in [-0.25, -0.2) is 9.50 Å². The van der Waals surface area contributed by atoms with Crippen LogP contribution in [0.3, 0.4) is 0 Å². The quantitative estimate of drug-likeness (QED) is 0.751. The number of aromatic nitrogens is 3. The van der Waals surface area contributed by atoms with E-state index in [0.717, 1.165) is 24.8 Å². The molecule has 3 aromatic rings. The van der Waals surface area contributed by atoms with Gasteiger partial charge in [-0.15, -0.1) is 0 Å². The van der Waals surface area contributed by atoms with Crippen molar-refractivity contribution >= 4 is 11.6 Å². The van der Waals surface area contributed by atoms with Gasteiger partial charge in [0.2, 0.25) is 0 Å². The summed E-state index contributed by atoms with van der Waals surface area (Å²) >= 11 is 0. The molecule has 0 saturated heterocycles. The zero-order valence-electron chi connectivity index (χ0n) is 15.5. The minimum absolute atomic E-state index is 0.210. The normalized spacial score (nSPS) is 13.3. The van der Waals surface area contributed by atoms with Crippen LogP contribution in [0.1, 0.15) is 40.0 Å². The van der Waals surface area contributed by atoms with E-state index in [0.29, 0.717) is 29.3 Å². The van der Waals surface area contributed by atoms with Gasteiger partial charge < -0.3 is 14.8 Å². The largest absolute Gasteiger partial charge is 0.493 e. The topological polar surface area (TPSA) is 77.8 Å². The molecule has 2 aromatic heterocycles. The Hall–Kier alpha value is -3.09. The van der Waals surface area contributed by atoms with E-state index >= 15 is 0 Å². The molecule has 0 radical (unpaired) electrons. The van der Waals surface area contributed by atoms with E-state index in [9.17, 15) is 4.79 Å². The molecule has 0 spiro atoms. The lowest BCUT2D eigenvalue weighted by atomic mass is 9.97. The summed E-state index contributed by atoms with van der Waals surface area (Å²) in [5.41, 5.74) is 4.31. The van der Waals surface area contributed by atoms with Crippen LogP contribution >= 0.6 is 0 Å². The highest BCUT2D eigenvalue weighted by Crippen LogP contribution is 2.30. The van der Waals surface area contributed by atoms with Crippen LogP contribution in [0.25, 0.3) is 5.65 Å². The second kappa shape index (κ2) is 7.26. The first-order valence-corrected chi connectivity index (χ1v) is 9.05. The van der Waals surface area contributed by atoms with Crippen molar-refractivity contribution < 1.29 is 14.3 Å². The number of ether oxygens (including phenoxy) is 2. The predicted molar refractivity (Wildman–Crippen MR) is 100 cm³/mol. The number of nitrogens with zero attached hydrogens (tertiary/aromatic N) is 3. The van der Waals surface area contributed by atoms with Crippen LogP contribution in [0.5, 0.6) is 11.5 Å². The third kappa shape index (κ3) is 3.09.